The van der Waals surface area contributed by atoms with E-state index >= 15 is 0 Å². The summed E-state index contributed by atoms with van der Waals surface area (Å²) in [5.41, 5.74) is 7.73. The van der Waals surface area contributed by atoms with Gasteiger partial charge in [-0.3, -0.25) is 4.79 Å². The van der Waals surface area contributed by atoms with Crippen molar-refractivity contribution < 1.29 is 4.79 Å². The smallest absolute Gasteiger partial charge is 0.248 e. The van der Waals surface area contributed by atoms with Gasteiger partial charge in [0.05, 0.1) is 5.69 Å². The second-order valence-corrected chi connectivity index (χ2v) is 7.73. The van der Waals surface area contributed by atoms with E-state index in [0.717, 1.165) is 61.8 Å². The number of carbonyl (C=O) groups is 1. The van der Waals surface area contributed by atoms with E-state index in [1.807, 2.05) is 12.1 Å². The monoisotopic (exact) mass is 396 g/mol. The van der Waals surface area contributed by atoms with Gasteiger partial charge in [0.1, 0.15) is 11.6 Å². The minimum Gasteiger partial charge on any atom is -0.367 e. The molecule has 1 aliphatic rings. The number of amides is 1. The average Bonchev–Trinajstić information content (AvgIpc) is 2.73. The predicted molar refractivity (Wildman–Crippen MR) is 118 cm³/mol. The molecule has 4 N–H and O–H groups in total. The maximum Gasteiger partial charge on any atom is 0.248 e. The van der Waals surface area contributed by atoms with Crippen molar-refractivity contribution in [3.05, 3.63) is 36.0 Å². The molecule has 1 amide bonds. The molecule has 2 aromatic heterocycles. The van der Waals surface area contributed by atoms with Gasteiger partial charge in [-0.1, -0.05) is 20.3 Å². The standard InChI is InChI=1S/C22H32N6O/c1-4-6-18(5-2)26-20-12-16(7-8-25-20)19-11-17(22(23)29)13-21(27-19)28-10-9-24-15(3)14-28/h7-8,11-13,15,18,24H,4-6,9-10,14H2,1-3H3,(H2,23,29)(H,25,26)/t15-,18?/m1/s1. The number of pyridine rings is 2. The number of aromatic nitrogens is 2. The third kappa shape index (κ3) is 5.44. The van der Waals surface area contributed by atoms with Crippen molar-refractivity contribution in [1.82, 2.24) is 15.3 Å². The largest absolute Gasteiger partial charge is 0.367 e. The summed E-state index contributed by atoms with van der Waals surface area (Å²) in [5, 5.41) is 6.94. The van der Waals surface area contributed by atoms with Gasteiger partial charge in [0, 0.05) is 49.0 Å². The lowest BCUT2D eigenvalue weighted by Crippen LogP contribution is -2.49. The summed E-state index contributed by atoms with van der Waals surface area (Å²) in [6.07, 6.45) is 5.05. The molecule has 1 unspecified atom stereocenters. The summed E-state index contributed by atoms with van der Waals surface area (Å²) in [5.74, 6) is 1.17. The highest BCUT2D eigenvalue weighted by atomic mass is 16.1. The van der Waals surface area contributed by atoms with Crippen LogP contribution in [0.4, 0.5) is 11.6 Å². The number of primary amides is 1. The summed E-state index contributed by atoms with van der Waals surface area (Å²) < 4.78 is 0. The van der Waals surface area contributed by atoms with E-state index in [1.165, 1.54) is 0 Å². The van der Waals surface area contributed by atoms with Gasteiger partial charge < -0.3 is 21.3 Å². The zero-order valence-electron chi connectivity index (χ0n) is 17.6. The van der Waals surface area contributed by atoms with Gasteiger partial charge in [0.15, 0.2) is 0 Å². The lowest BCUT2D eigenvalue weighted by atomic mass is 10.1. The molecule has 2 atom stereocenters. The fourth-order valence-electron chi connectivity index (χ4n) is 3.71. The summed E-state index contributed by atoms with van der Waals surface area (Å²) in [6.45, 7) is 9.08. The molecule has 7 heteroatoms. The van der Waals surface area contributed by atoms with Gasteiger partial charge in [0.25, 0.3) is 0 Å². The maximum atomic E-state index is 11.9. The molecule has 3 rings (SSSR count). The maximum absolute atomic E-state index is 11.9. The highest BCUT2D eigenvalue weighted by Gasteiger charge is 2.19. The van der Waals surface area contributed by atoms with E-state index in [-0.39, 0.29) is 0 Å². The molecule has 7 nitrogen and oxygen atoms in total. The number of nitrogens with two attached hydrogens (primary N) is 1. The topological polar surface area (TPSA) is 96.2 Å². The van der Waals surface area contributed by atoms with Crippen molar-refractivity contribution in [1.29, 1.82) is 0 Å². The Kier molecular flexibility index (Phi) is 7.04. The van der Waals surface area contributed by atoms with Crippen molar-refractivity contribution in [2.45, 2.75) is 52.1 Å². The van der Waals surface area contributed by atoms with E-state index in [1.54, 1.807) is 18.3 Å². The van der Waals surface area contributed by atoms with Crippen molar-refractivity contribution in [2.75, 3.05) is 29.9 Å². The van der Waals surface area contributed by atoms with Crippen LogP contribution in [-0.2, 0) is 0 Å². The molecule has 0 aromatic carbocycles. The molecule has 1 fully saturated rings. The molecule has 0 radical (unpaired) electrons. The lowest BCUT2D eigenvalue weighted by molar-refractivity contribution is 0.1000. The Morgan fingerprint density at radius 1 is 1.38 bits per heavy atom. The molecule has 1 aliphatic heterocycles. The van der Waals surface area contributed by atoms with Gasteiger partial charge in [-0.15, -0.1) is 0 Å². The van der Waals surface area contributed by atoms with Crippen molar-refractivity contribution >= 4 is 17.5 Å². The van der Waals surface area contributed by atoms with Crippen LogP contribution < -0.4 is 21.3 Å². The Balaban J connectivity index is 1.93. The summed E-state index contributed by atoms with van der Waals surface area (Å²) in [4.78, 5) is 23.5. The molecular formula is C22H32N6O. The Labute approximate surface area is 173 Å². The molecular weight excluding hydrogens is 364 g/mol. The van der Waals surface area contributed by atoms with Crippen LogP contribution in [0.25, 0.3) is 11.3 Å². The Morgan fingerprint density at radius 2 is 2.21 bits per heavy atom. The Hall–Kier alpha value is -2.67. The first-order chi connectivity index (χ1) is 14.0. The van der Waals surface area contributed by atoms with E-state index in [4.69, 9.17) is 10.7 Å². The SMILES string of the molecule is CCCC(CC)Nc1cc(-c2cc(C(N)=O)cc(N3CCN[C@H](C)C3)n2)ccn1. The van der Waals surface area contributed by atoms with Crippen molar-refractivity contribution in [2.24, 2.45) is 5.73 Å². The number of carbonyl (C=O) groups excluding carboxylic acids is 1. The van der Waals surface area contributed by atoms with Crippen LogP contribution in [0, 0.1) is 0 Å². The third-order valence-corrected chi connectivity index (χ3v) is 5.33. The van der Waals surface area contributed by atoms with Crippen molar-refractivity contribution in [3.63, 3.8) is 0 Å². The zero-order valence-corrected chi connectivity index (χ0v) is 17.6. The van der Waals surface area contributed by atoms with Crippen LogP contribution in [0.1, 0.15) is 50.4 Å². The Morgan fingerprint density at radius 3 is 2.90 bits per heavy atom. The fourth-order valence-corrected chi connectivity index (χ4v) is 3.71. The highest BCUT2D eigenvalue weighted by molar-refractivity contribution is 5.94. The summed E-state index contributed by atoms with van der Waals surface area (Å²) >= 11 is 0. The quantitative estimate of drug-likeness (QED) is 0.635. The summed E-state index contributed by atoms with van der Waals surface area (Å²) in [6, 6.07) is 8.23. The van der Waals surface area contributed by atoms with Crippen LogP contribution in [-0.4, -0.2) is 47.6 Å². The van der Waals surface area contributed by atoms with Gasteiger partial charge in [-0.25, -0.2) is 9.97 Å². The Bertz CT molecular complexity index is 840. The van der Waals surface area contributed by atoms with Gasteiger partial charge in [-0.2, -0.15) is 0 Å². The van der Waals surface area contributed by atoms with E-state index in [9.17, 15) is 4.79 Å². The number of anilines is 2. The first-order valence-electron chi connectivity index (χ1n) is 10.5. The van der Waals surface area contributed by atoms with Gasteiger partial charge in [-0.05, 0) is 44.0 Å². The van der Waals surface area contributed by atoms with E-state index in [2.05, 4.69) is 41.3 Å². The second kappa shape index (κ2) is 9.69. The molecule has 0 aliphatic carbocycles. The molecule has 156 valence electrons. The first kappa shape index (κ1) is 21.0. The third-order valence-electron chi connectivity index (χ3n) is 5.33. The minimum atomic E-state index is -0.445. The normalized spacial score (nSPS) is 17.8. The molecule has 29 heavy (non-hydrogen) atoms. The zero-order chi connectivity index (χ0) is 20.8. The van der Waals surface area contributed by atoms with Crippen LogP contribution >= 0.6 is 0 Å². The lowest BCUT2D eigenvalue weighted by Gasteiger charge is -2.33. The van der Waals surface area contributed by atoms with Crippen LogP contribution in [0.15, 0.2) is 30.5 Å². The second-order valence-electron chi connectivity index (χ2n) is 7.73. The first-order valence-corrected chi connectivity index (χ1v) is 10.5. The molecule has 0 bridgehead atoms. The average molecular weight is 397 g/mol. The van der Waals surface area contributed by atoms with E-state index in [0.29, 0.717) is 17.6 Å². The van der Waals surface area contributed by atoms with Gasteiger partial charge >= 0.3 is 0 Å². The van der Waals surface area contributed by atoms with Crippen molar-refractivity contribution in [3.8, 4) is 11.3 Å². The number of piperazine rings is 1. The fraction of sp³-hybridized carbons (Fsp3) is 0.500. The number of hydrogen-bond acceptors (Lipinski definition) is 6. The number of nitrogens with one attached hydrogen (secondary N) is 2. The highest BCUT2D eigenvalue weighted by Crippen LogP contribution is 2.25. The molecule has 0 saturated carbocycles. The predicted octanol–water partition coefficient (Wildman–Crippen LogP) is 3.03. The molecule has 0 spiro atoms. The minimum absolute atomic E-state index is 0.368. The van der Waals surface area contributed by atoms with Crippen LogP contribution in [0.2, 0.25) is 0 Å². The van der Waals surface area contributed by atoms with Crippen LogP contribution in [0.5, 0.6) is 0 Å². The van der Waals surface area contributed by atoms with Gasteiger partial charge in [0.2, 0.25) is 5.91 Å². The number of hydrogen-bond donors (Lipinski definition) is 3. The molecule has 2 aromatic rings. The van der Waals surface area contributed by atoms with Crippen LogP contribution in [0.3, 0.4) is 0 Å². The number of nitrogens with zero attached hydrogens (tertiary/aromatic N) is 3. The molecule has 3 heterocycles. The van der Waals surface area contributed by atoms with E-state index < -0.39 is 5.91 Å². The molecule has 1 saturated heterocycles. The number of rotatable bonds is 8. The summed E-state index contributed by atoms with van der Waals surface area (Å²) in [7, 11) is 0.